The Morgan fingerprint density at radius 3 is 2.69 bits per heavy atom. The SMILES string of the molecule is CCN(CC)C(=O)c1csc(CSc2nnc(-c3ccco3)n2-c2ccc(Cl)c(Cl)c2)n1. The molecule has 0 saturated heterocycles. The van der Waals surface area contributed by atoms with E-state index in [1.807, 2.05) is 30.5 Å². The lowest BCUT2D eigenvalue weighted by Crippen LogP contribution is -2.30. The molecule has 0 fully saturated rings. The summed E-state index contributed by atoms with van der Waals surface area (Å²) < 4.78 is 7.40. The first-order chi connectivity index (χ1) is 15.5. The van der Waals surface area contributed by atoms with E-state index in [-0.39, 0.29) is 5.91 Å². The van der Waals surface area contributed by atoms with Gasteiger partial charge < -0.3 is 9.32 Å². The Morgan fingerprint density at radius 1 is 1.19 bits per heavy atom. The molecule has 0 aliphatic heterocycles. The summed E-state index contributed by atoms with van der Waals surface area (Å²) in [6.45, 7) is 5.21. The van der Waals surface area contributed by atoms with Crippen LogP contribution in [0, 0.1) is 0 Å². The molecule has 1 amide bonds. The monoisotopic (exact) mass is 507 g/mol. The summed E-state index contributed by atoms with van der Waals surface area (Å²) in [4.78, 5) is 18.8. The van der Waals surface area contributed by atoms with Gasteiger partial charge in [0.1, 0.15) is 10.7 Å². The molecule has 7 nitrogen and oxygen atoms in total. The third kappa shape index (κ3) is 4.71. The molecule has 0 bridgehead atoms. The molecule has 0 spiro atoms. The lowest BCUT2D eigenvalue weighted by Gasteiger charge is -2.16. The van der Waals surface area contributed by atoms with Crippen LogP contribution in [0.5, 0.6) is 0 Å². The van der Waals surface area contributed by atoms with Crippen LogP contribution in [-0.4, -0.2) is 43.6 Å². The second-order valence-corrected chi connectivity index (χ2v) is 9.31. The largest absolute Gasteiger partial charge is 0.461 e. The molecule has 4 aromatic rings. The van der Waals surface area contributed by atoms with Crippen LogP contribution in [0.15, 0.2) is 51.5 Å². The zero-order chi connectivity index (χ0) is 22.7. The number of aromatic nitrogens is 4. The van der Waals surface area contributed by atoms with Gasteiger partial charge >= 0.3 is 0 Å². The van der Waals surface area contributed by atoms with E-state index in [1.165, 1.54) is 23.1 Å². The van der Waals surface area contributed by atoms with Crippen LogP contribution in [0.3, 0.4) is 0 Å². The van der Waals surface area contributed by atoms with Gasteiger partial charge in [-0.15, -0.1) is 21.5 Å². The van der Waals surface area contributed by atoms with E-state index in [2.05, 4.69) is 15.2 Å². The lowest BCUT2D eigenvalue weighted by atomic mass is 10.3. The van der Waals surface area contributed by atoms with Crippen molar-refractivity contribution in [2.75, 3.05) is 13.1 Å². The van der Waals surface area contributed by atoms with Crippen LogP contribution >= 0.6 is 46.3 Å². The summed E-state index contributed by atoms with van der Waals surface area (Å²) in [6.07, 6.45) is 1.58. The first-order valence-electron chi connectivity index (χ1n) is 9.83. The first kappa shape index (κ1) is 22.8. The highest BCUT2D eigenvalue weighted by molar-refractivity contribution is 7.98. The number of furan rings is 1. The van der Waals surface area contributed by atoms with Gasteiger partial charge in [-0.2, -0.15) is 0 Å². The molecule has 4 rings (SSSR count). The molecule has 0 unspecified atom stereocenters. The zero-order valence-electron chi connectivity index (χ0n) is 17.3. The fourth-order valence-electron chi connectivity index (χ4n) is 3.06. The highest BCUT2D eigenvalue weighted by Crippen LogP contribution is 2.33. The van der Waals surface area contributed by atoms with Gasteiger partial charge in [-0.05, 0) is 44.2 Å². The highest BCUT2D eigenvalue weighted by atomic mass is 35.5. The Morgan fingerprint density at radius 2 is 2.00 bits per heavy atom. The maximum atomic E-state index is 12.5. The number of hydrogen-bond donors (Lipinski definition) is 0. The van der Waals surface area contributed by atoms with E-state index in [0.717, 1.165) is 10.7 Å². The number of halogens is 2. The average Bonchev–Trinajstić information content (AvgIpc) is 3.55. The van der Waals surface area contributed by atoms with Crippen molar-refractivity contribution in [1.29, 1.82) is 0 Å². The molecule has 0 aliphatic carbocycles. The smallest absolute Gasteiger partial charge is 0.273 e. The van der Waals surface area contributed by atoms with Gasteiger partial charge in [-0.3, -0.25) is 9.36 Å². The van der Waals surface area contributed by atoms with Crippen LogP contribution in [-0.2, 0) is 5.75 Å². The molecule has 11 heteroatoms. The number of carbonyl (C=O) groups is 1. The van der Waals surface area contributed by atoms with Crippen molar-refractivity contribution in [3.8, 4) is 17.3 Å². The van der Waals surface area contributed by atoms with Gasteiger partial charge in [0.05, 0.1) is 27.7 Å². The quantitative estimate of drug-likeness (QED) is 0.269. The molecular weight excluding hydrogens is 489 g/mol. The summed E-state index contributed by atoms with van der Waals surface area (Å²) in [5, 5.41) is 12.8. The second kappa shape index (κ2) is 10.1. The van der Waals surface area contributed by atoms with Crippen molar-refractivity contribution in [2.45, 2.75) is 24.8 Å². The van der Waals surface area contributed by atoms with E-state index >= 15 is 0 Å². The predicted octanol–water partition coefficient (Wildman–Crippen LogP) is 6.06. The third-order valence-electron chi connectivity index (χ3n) is 4.68. The van der Waals surface area contributed by atoms with Gasteiger partial charge in [0.25, 0.3) is 5.91 Å². The first-order valence-corrected chi connectivity index (χ1v) is 12.4. The summed E-state index contributed by atoms with van der Waals surface area (Å²) in [5.41, 5.74) is 1.23. The van der Waals surface area contributed by atoms with Crippen molar-refractivity contribution in [3.63, 3.8) is 0 Å². The van der Waals surface area contributed by atoms with Crippen molar-refractivity contribution >= 4 is 52.2 Å². The Balaban J connectivity index is 1.61. The minimum atomic E-state index is -0.0541. The number of nitrogens with zero attached hydrogens (tertiary/aromatic N) is 5. The number of hydrogen-bond acceptors (Lipinski definition) is 7. The fraction of sp³-hybridized carbons (Fsp3) is 0.238. The van der Waals surface area contributed by atoms with Crippen molar-refractivity contribution in [2.24, 2.45) is 0 Å². The number of amides is 1. The standard InChI is InChI=1S/C21H19Cl2N5O2S2/c1-3-27(4-2)20(29)16-11-31-18(24-16)12-32-21-26-25-19(17-6-5-9-30-17)28(21)13-7-8-14(22)15(23)10-13/h5-11H,3-4,12H2,1-2H3. The number of rotatable bonds is 8. The minimum Gasteiger partial charge on any atom is -0.461 e. The molecule has 3 heterocycles. The Labute approximate surface area is 203 Å². The maximum Gasteiger partial charge on any atom is 0.273 e. The molecule has 166 valence electrons. The number of carbonyl (C=O) groups excluding carboxylic acids is 1. The number of thioether (sulfide) groups is 1. The summed E-state index contributed by atoms with van der Waals surface area (Å²) in [7, 11) is 0. The minimum absolute atomic E-state index is 0.0541. The molecule has 0 radical (unpaired) electrons. The van der Waals surface area contributed by atoms with Gasteiger partial charge in [0, 0.05) is 18.5 Å². The summed E-state index contributed by atoms with van der Waals surface area (Å²) in [6, 6.07) is 8.94. The van der Waals surface area contributed by atoms with Crippen LogP contribution in [0.4, 0.5) is 0 Å². The van der Waals surface area contributed by atoms with Crippen molar-refractivity contribution in [1.82, 2.24) is 24.6 Å². The van der Waals surface area contributed by atoms with Crippen LogP contribution in [0.1, 0.15) is 29.3 Å². The topological polar surface area (TPSA) is 77.0 Å². The average molecular weight is 508 g/mol. The van der Waals surface area contributed by atoms with E-state index in [9.17, 15) is 4.79 Å². The Hall–Kier alpha value is -2.33. The molecule has 1 aromatic carbocycles. The van der Waals surface area contributed by atoms with Crippen LogP contribution in [0.2, 0.25) is 10.0 Å². The van der Waals surface area contributed by atoms with Gasteiger partial charge in [-0.1, -0.05) is 35.0 Å². The molecule has 0 saturated carbocycles. The summed E-state index contributed by atoms with van der Waals surface area (Å²) in [5.74, 6) is 1.61. The molecule has 32 heavy (non-hydrogen) atoms. The number of benzene rings is 1. The molecule has 0 N–H and O–H groups in total. The zero-order valence-corrected chi connectivity index (χ0v) is 20.4. The number of thiazole rings is 1. The normalized spacial score (nSPS) is 11.1. The lowest BCUT2D eigenvalue weighted by molar-refractivity contribution is 0.0768. The van der Waals surface area contributed by atoms with E-state index in [0.29, 0.717) is 51.3 Å². The van der Waals surface area contributed by atoms with E-state index in [1.54, 1.807) is 34.7 Å². The van der Waals surface area contributed by atoms with E-state index in [4.69, 9.17) is 27.6 Å². The second-order valence-electron chi connectivity index (χ2n) is 6.61. The van der Waals surface area contributed by atoms with Gasteiger partial charge in [0.2, 0.25) is 5.82 Å². The molecule has 0 atom stereocenters. The third-order valence-corrected chi connectivity index (χ3v) is 7.39. The Kier molecular flexibility index (Phi) is 7.20. The maximum absolute atomic E-state index is 12.5. The fourth-order valence-corrected chi connectivity index (χ4v) is 5.09. The van der Waals surface area contributed by atoms with Crippen molar-refractivity contribution < 1.29 is 9.21 Å². The van der Waals surface area contributed by atoms with E-state index < -0.39 is 0 Å². The Bertz CT molecular complexity index is 1220. The summed E-state index contributed by atoms with van der Waals surface area (Å²) >= 11 is 15.3. The molecule has 3 aromatic heterocycles. The highest BCUT2D eigenvalue weighted by Gasteiger charge is 2.20. The van der Waals surface area contributed by atoms with Gasteiger partial charge in [0.15, 0.2) is 10.9 Å². The van der Waals surface area contributed by atoms with Crippen LogP contribution in [0.25, 0.3) is 17.3 Å². The molecule has 0 aliphatic rings. The predicted molar refractivity (Wildman–Crippen MR) is 128 cm³/mol. The van der Waals surface area contributed by atoms with Crippen molar-refractivity contribution in [3.05, 3.63) is 62.7 Å². The molecular formula is C21H19Cl2N5O2S2. The van der Waals surface area contributed by atoms with Crippen LogP contribution < -0.4 is 0 Å². The van der Waals surface area contributed by atoms with Gasteiger partial charge in [-0.25, -0.2) is 4.98 Å².